The largest absolute Gasteiger partial charge is 0.461 e. The van der Waals surface area contributed by atoms with Crippen LogP contribution in [0.15, 0.2) is 55.1 Å². The zero-order chi connectivity index (χ0) is 26.7. The summed E-state index contributed by atoms with van der Waals surface area (Å²) in [4.78, 5) is 16.5. The maximum Gasteiger partial charge on any atom is 0.461 e. The quantitative estimate of drug-likeness (QED) is 0.245. The number of carbonyl (C=O) groups excluding carboxylic acids is 1. The highest BCUT2D eigenvalue weighted by atomic mass is 19.3. The second-order valence-corrected chi connectivity index (χ2v) is 8.52. The van der Waals surface area contributed by atoms with Crippen LogP contribution in [-0.2, 0) is 12.1 Å². The van der Waals surface area contributed by atoms with Crippen molar-refractivity contribution < 1.29 is 45.6 Å². The Hall–Kier alpha value is -3.65. The topological polar surface area (TPSA) is 89.3 Å². The minimum Gasteiger partial charge on any atom is -0.428 e. The van der Waals surface area contributed by atoms with Crippen molar-refractivity contribution in [3.8, 4) is 5.75 Å². The van der Waals surface area contributed by atoms with Crippen LogP contribution in [0.5, 0.6) is 5.75 Å². The molecule has 0 radical (unpaired) electrons. The average molecular weight is 518 g/mol. The zero-order valence-corrected chi connectivity index (χ0v) is 19.0. The Labute approximate surface area is 201 Å². The molecule has 3 rings (SSSR count). The third-order valence-electron chi connectivity index (χ3n) is 5.01. The Morgan fingerprint density at radius 2 is 1.83 bits per heavy atom. The Bertz CT molecular complexity index is 1190. The molecule has 0 fully saturated rings. The lowest BCUT2D eigenvalue weighted by atomic mass is 9.92. The zero-order valence-electron chi connectivity index (χ0n) is 19.0. The van der Waals surface area contributed by atoms with Crippen molar-refractivity contribution in [3.05, 3.63) is 77.9 Å². The first kappa shape index (κ1) is 26.9. The van der Waals surface area contributed by atoms with Crippen molar-refractivity contribution in [1.82, 2.24) is 20.2 Å². The summed E-state index contributed by atoms with van der Waals surface area (Å²) < 4.78 is 83.6. The minimum absolute atomic E-state index is 0.0401. The number of ether oxygens (including phenoxy) is 1. The molecular weight excluding hydrogens is 496 g/mol. The van der Waals surface area contributed by atoms with Gasteiger partial charge in [-0.05, 0) is 36.4 Å². The molecule has 0 saturated carbocycles. The van der Waals surface area contributed by atoms with Crippen LogP contribution in [0.1, 0.15) is 15.9 Å². The van der Waals surface area contributed by atoms with Crippen molar-refractivity contribution in [1.29, 1.82) is 0 Å². The first-order valence-corrected chi connectivity index (χ1v) is 10.3. The van der Waals surface area contributed by atoms with Gasteiger partial charge in [0.25, 0.3) is 5.91 Å². The predicted octanol–water partition coefficient (Wildman–Crippen LogP) is 3.10. The lowest BCUT2D eigenvalue weighted by Crippen LogP contribution is -2.60. The van der Waals surface area contributed by atoms with Crippen LogP contribution in [0.4, 0.5) is 26.3 Å². The number of hydrogen-bond acceptors (Lipinski definition) is 5. The van der Waals surface area contributed by atoms with E-state index in [1.54, 1.807) is 0 Å². The second-order valence-electron chi connectivity index (χ2n) is 8.52. The number of aliphatic hydroxyl groups is 1. The molecule has 1 heterocycles. The maximum absolute atomic E-state index is 14.6. The summed E-state index contributed by atoms with van der Waals surface area (Å²) in [5.41, 5.74) is 0.294. The Morgan fingerprint density at radius 1 is 1.17 bits per heavy atom. The van der Waals surface area contributed by atoms with Crippen molar-refractivity contribution >= 4 is 5.91 Å². The van der Waals surface area contributed by atoms with Crippen LogP contribution in [0, 0.1) is 11.6 Å². The van der Waals surface area contributed by atoms with E-state index < -0.39 is 46.0 Å². The average Bonchev–Trinajstić information content (AvgIpc) is 3.25. The van der Waals surface area contributed by atoms with E-state index in [9.17, 15) is 36.2 Å². The number of halogens is 6. The number of nitrogens with one attached hydrogen (secondary N) is 1. The smallest absolute Gasteiger partial charge is 0.428 e. The number of alkyl halides is 4. The van der Waals surface area contributed by atoms with E-state index in [-0.39, 0.29) is 24.2 Å². The van der Waals surface area contributed by atoms with Crippen LogP contribution in [0.3, 0.4) is 0 Å². The van der Waals surface area contributed by atoms with Gasteiger partial charge in [-0.1, -0.05) is 0 Å². The molecule has 36 heavy (non-hydrogen) atoms. The summed E-state index contributed by atoms with van der Waals surface area (Å²) in [6.07, 6.45) is -6.26. The van der Waals surface area contributed by atoms with Gasteiger partial charge in [0.2, 0.25) is 0 Å². The summed E-state index contributed by atoms with van der Waals surface area (Å²) in [6, 6.07) is 6.66. The number of quaternary nitrogens is 1. The van der Waals surface area contributed by atoms with E-state index in [4.69, 9.17) is 0 Å². The molecule has 2 aromatic carbocycles. The lowest BCUT2D eigenvalue weighted by molar-refractivity contribution is -0.931. The van der Waals surface area contributed by atoms with Gasteiger partial charge in [-0.15, -0.1) is 0 Å². The first-order chi connectivity index (χ1) is 16.7. The number of rotatable bonds is 10. The third kappa shape index (κ3) is 6.51. The highest BCUT2D eigenvalue weighted by Crippen LogP contribution is 2.29. The molecule has 0 bridgehead atoms. The number of carbonyl (C=O) groups is 1. The molecule has 14 heteroatoms. The fraction of sp³-hybridized carbons (Fsp3) is 0.318. The molecule has 3 aromatic rings. The molecule has 0 spiro atoms. The van der Waals surface area contributed by atoms with E-state index in [2.05, 4.69) is 20.2 Å². The lowest BCUT2D eigenvalue weighted by Gasteiger charge is -2.37. The van der Waals surface area contributed by atoms with E-state index in [1.165, 1.54) is 31.4 Å². The van der Waals surface area contributed by atoms with Gasteiger partial charge in [0.05, 0.1) is 20.6 Å². The third-order valence-corrected chi connectivity index (χ3v) is 5.01. The predicted molar refractivity (Wildman–Crippen MR) is 113 cm³/mol. The fourth-order valence-electron chi connectivity index (χ4n) is 3.58. The number of amides is 1. The highest BCUT2D eigenvalue weighted by molar-refractivity contribution is 5.93. The molecule has 8 nitrogen and oxygen atoms in total. The first-order valence-electron chi connectivity index (χ1n) is 10.3. The van der Waals surface area contributed by atoms with Gasteiger partial charge in [0.1, 0.15) is 36.6 Å². The molecule has 0 aliphatic rings. The summed E-state index contributed by atoms with van der Waals surface area (Å²) in [5, 5.41) is 15.4. The number of hydrogen-bond donors (Lipinski definition) is 2. The molecule has 1 atom stereocenters. The highest BCUT2D eigenvalue weighted by Gasteiger charge is 2.44. The fourth-order valence-corrected chi connectivity index (χ4v) is 3.58. The normalized spacial score (nSPS) is 13.9. The van der Waals surface area contributed by atoms with Gasteiger partial charge in [-0.3, -0.25) is 4.79 Å². The second kappa shape index (κ2) is 10.1. The summed E-state index contributed by atoms with van der Waals surface area (Å²) >= 11 is 0. The van der Waals surface area contributed by atoms with Crippen molar-refractivity contribution in [2.45, 2.75) is 24.7 Å². The number of nitrogens with zero attached hydrogens (tertiary/aromatic N) is 4. The van der Waals surface area contributed by atoms with E-state index >= 15 is 0 Å². The Balaban J connectivity index is 1.79. The number of benzene rings is 2. The van der Waals surface area contributed by atoms with Gasteiger partial charge < -0.3 is 9.84 Å². The Kier molecular flexibility index (Phi) is 7.59. The van der Waals surface area contributed by atoms with Gasteiger partial charge in [0.15, 0.2) is 5.60 Å². The summed E-state index contributed by atoms with van der Waals surface area (Å²) in [7, 11) is 2.96. The molecule has 1 amide bonds. The van der Waals surface area contributed by atoms with Crippen molar-refractivity contribution in [2.75, 3.05) is 20.6 Å². The van der Waals surface area contributed by atoms with Gasteiger partial charge in [-0.2, -0.15) is 28.1 Å². The minimum atomic E-state index is -4.70. The molecule has 2 N–H and O–H groups in total. The van der Waals surface area contributed by atoms with E-state index in [0.717, 1.165) is 36.4 Å². The van der Waals surface area contributed by atoms with Crippen molar-refractivity contribution in [3.63, 3.8) is 0 Å². The van der Waals surface area contributed by atoms with Gasteiger partial charge >= 0.3 is 12.5 Å². The SMILES string of the molecule is C[N+](C)(CC(O)(Cn1cncn1)c1ccc(F)cc1F)NC(=O)c1ccc(OC(F)(F)C(F)F)cc1. The molecule has 0 aliphatic heterocycles. The van der Waals surface area contributed by atoms with Crippen molar-refractivity contribution in [2.24, 2.45) is 0 Å². The van der Waals surface area contributed by atoms with E-state index in [0.29, 0.717) is 6.07 Å². The van der Waals surface area contributed by atoms with E-state index in [1.807, 2.05) is 0 Å². The molecule has 1 aromatic heterocycles. The number of likely N-dealkylation sites (N-methyl/N-ethyl adjacent to an activating group) is 1. The summed E-state index contributed by atoms with van der Waals surface area (Å²) in [5.74, 6) is -3.17. The van der Waals surface area contributed by atoms with Crippen LogP contribution in [0.2, 0.25) is 0 Å². The van der Waals surface area contributed by atoms with Gasteiger partial charge in [0, 0.05) is 17.2 Å². The molecule has 0 saturated heterocycles. The maximum atomic E-state index is 14.6. The van der Waals surface area contributed by atoms with Gasteiger partial charge in [-0.25, -0.2) is 23.0 Å². The molecule has 194 valence electrons. The van der Waals surface area contributed by atoms with Crippen LogP contribution in [-0.4, -0.2) is 63.5 Å². The molecule has 0 aliphatic carbocycles. The monoisotopic (exact) mass is 518 g/mol. The molecular formula is C22H22F6N5O3+. The number of aromatic nitrogens is 3. The van der Waals surface area contributed by atoms with Crippen LogP contribution in [0.25, 0.3) is 0 Å². The standard InChI is InChI=1S/C22H21F6N5O3/c1-33(2,31-19(34)14-3-6-16(7-4-14)36-22(27,28)20(25)26)11-21(35,10-32-13-29-12-30-32)17-8-5-15(23)9-18(17)24/h3-9,12-13,20,35H,10-11H2,1-2H3/p+1. The summed E-state index contributed by atoms with van der Waals surface area (Å²) in [6.45, 7) is -0.625. The van der Waals surface area contributed by atoms with Crippen LogP contribution >= 0.6 is 0 Å². The molecule has 1 unspecified atom stereocenters. The van der Waals surface area contributed by atoms with Crippen LogP contribution < -0.4 is 10.2 Å². The Morgan fingerprint density at radius 3 is 2.39 bits per heavy atom.